The van der Waals surface area contributed by atoms with Gasteiger partial charge in [-0.15, -0.1) is 0 Å². The van der Waals surface area contributed by atoms with E-state index >= 15 is 0 Å². The highest BCUT2D eigenvalue weighted by Gasteiger charge is 2.26. The molecule has 0 aromatic carbocycles. The molecule has 1 aliphatic rings. The van der Waals surface area contributed by atoms with E-state index in [-0.39, 0.29) is 12.1 Å². The van der Waals surface area contributed by atoms with Crippen molar-refractivity contribution < 1.29 is 9.84 Å². The molecule has 0 aliphatic carbocycles. The summed E-state index contributed by atoms with van der Waals surface area (Å²) in [5.74, 6) is 0. The molecule has 1 unspecified atom stereocenters. The van der Waals surface area contributed by atoms with Gasteiger partial charge in [0.15, 0.2) is 0 Å². The van der Waals surface area contributed by atoms with Gasteiger partial charge in [0, 0.05) is 18.2 Å². The number of nitrogens with one attached hydrogen (secondary N) is 1. The second kappa shape index (κ2) is 3.52. The van der Waals surface area contributed by atoms with Crippen molar-refractivity contribution in [2.45, 2.75) is 31.8 Å². The maximum atomic E-state index is 8.69. The normalized spacial score (nSPS) is 30.3. The van der Waals surface area contributed by atoms with Gasteiger partial charge in [-0.25, -0.2) is 0 Å². The number of aliphatic hydroxyl groups is 1. The molecule has 1 atom stereocenters. The van der Waals surface area contributed by atoms with E-state index in [9.17, 15) is 0 Å². The number of hydrogen-bond acceptors (Lipinski definition) is 3. The van der Waals surface area contributed by atoms with E-state index in [1.54, 1.807) is 0 Å². The fourth-order valence-electron chi connectivity index (χ4n) is 1.40. The second-order valence-electron chi connectivity index (χ2n) is 3.75. The lowest BCUT2D eigenvalue weighted by atomic mass is 10.0. The maximum absolute atomic E-state index is 8.69. The van der Waals surface area contributed by atoms with Crippen molar-refractivity contribution in [2.75, 3.05) is 19.8 Å². The topological polar surface area (TPSA) is 41.5 Å². The molecule has 0 aromatic heterocycles. The van der Waals surface area contributed by atoms with E-state index in [0.29, 0.717) is 6.04 Å². The van der Waals surface area contributed by atoms with Gasteiger partial charge in [-0.3, -0.25) is 0 Å². The van der Waals surface area contributed by atoms with Crippen LogP contribution in [-0.2, 0) is 4.74 Å². The minimum absolute atomic E-state index is 0.0675. The Morgan fingerprint density at radius 1 is 1.64 bits per heavy atom. The van der Waals surface area contributed by atoms with Gasteiger partial charge in [0.05, 0.1) is 13.2 Å². The van der Waals surface area contributed by atoms with Crippen LogP contribution in [0.2, 0.25) is 0 Å². The fraction of sp³-hybridized carbons (Fsp3) is 1.00. The van der Waals surface area contributed by atoms with Gasteiger partial charge in [-0.2, -0.15) is 0 Å². The van der Waals surface area contributed by atoms with E-state index in [1.807, 2.05) is 0 Å². The van der Waals surface area contributed by atoms with Crippen LogP contribution >= 0.6 is 0 Å². The van der Waals surface area contributed by atoms with E-state index in [2.05, 4.69) is 19.2 Å². The van der Waals surface area contributed by atoms with Gasteiger partial charge in [-0.05, 0) is 20.3 Å². The van der Waals surface area contributed by atoms with E-state index in [4.69, 9.17) is 9.84 Å². The molecule has 66 valence electrons. The molecule has 1 rings (SSSR count). The molecule has 1 heterocycles. The number of hydrogen-bond donors (Lipinski definition) is 2. The largest absolute Gasteiger partial charge is 0.396 e. The summed E-state index contributed by atoms with van der Waals surface area (Å²) in [5.41, 5.74) is 0.0675. The van der Waals surface area contributed by atoms with Gasteiger partial charge in [0.2, 0.25) is 0 Å². The molecule has 2 N–H and O–H groups in total. The zero-order valence-electron chi connectivity index (χ0n) is 7.26. The van der Waals surface area contributed by atoms with Crippen molar-refractivity contribution >= 4 is 0 Å². The summed E-state index contributed by atoms with van der Waals surface area (Å²) in [6.45, 7) is 5.93. The molecule has 0 aromatic rings. The van der Waals surface area contributed by atoms with Crippen LogP contribution in [0.1, 0.15) is 20.3 Å². The Kier molecular flexibility index (Phi) is 2.87. The minimum atomic E-state index is 0.0675. The average molecular weight is 159 g/mol. The highest BCUT2D eigenvalue weighted by Crippen LogP contribution is 2.11. The maximum Gasteiger partial charge on any atom is 0.0643 e. The zero-order chi connectivity index (χ0) is 8.32. The summed E-state index contributed by atoms with van der Waals surface area (Å²) in [5, 5.41) is 12.1. The van der Waals surface area contributed by atoms with Crippen LogP contribution in [0.25, 0.3) is 0 Å². The lowest BCUT2D eigenvalue weighted by Gasteiger charge is -2.36. The Morgan fingerprint density at radius 3 is 2.91 bits per heavy atom. The van der Waals surface area contributed by atoms with Gasteiger partial charge in [0.1, 0.15) is 0 Å². The monoisotopic (exact) mass is 159 g/mol. The molecule has 11 heavy (non-hydrogen) atoms. The van der Waals surface area contributed by atoms with Crippen LogP contribution in [0.3, 0.4) is 0 Å². The Balaban J connectivity index is 2.34. The Bertz CT molecular complexity index is 123. The highest BCUT2D eigenvalue weighted by atomic mass is 16.5. The number of ether oxygens (including phenoxy) is 1. The summed E-state index contributed by atoms with van der Waals surface area (Å²) < 4.78 is 5.38. The van der Waals surface area contributed by atoms with E-state index < -0.39 is 0 Å². The molecule has 3 nitrogen and oxygen atoms in total. The number of rotatable bonds is 2. The van der Waals surface area contributed by atoms with Crippen molar-refractivity contribution in [3.05, 3.63) is 0 Å². The summed E-state index contributed by atoms with van der Waals surface area (Å²) in [7, 11) is 0. The van der Waals surface area contributed by atoms with Crippen LogP contribution in [-0.4, -0.2) is 36.5 Å². The standard InChI is InChI=1S/C8H17NO2/c1-8(2)6-11-5-7(9-8)3-4-10/h7,9-10H,3-6H2,1-2H3. The molecular weight excluding hydrogens is 142 g/mol. The van der Waals surface area contributed by atoms with Gasteiger partial charge in [-0.1, -0.05) is 0 Å². The van der Waals surface area contributed by atoms with Gasteiger partial charge >= 0.3 is 0 Å². The lowest BCUT2D eigenvalue weighted by molar-refractivity contribution is 0.00716. The predicted molar refractivity (Wildman–Crippen MR) is 43.5 cm³/mol. The Morgan fingerprint density at radius 2 is 2.36 bits per heavy atom. The van der Waals surface area contributed by atoms with Crippen molar-refractivity contribution in [2.24, 2.45) is 0 Å². The minimum Gasteiger partial charge on any atom is -0.396 e. The first-order chi connectivity index (χ1) is 5.14. The van der Waals surface area contributed by atoms with Gasteiger partial charge < -0.3 is 15.2 Å². The average Bonchev–Trinajstić information content (AvgIpc) is 1.85. The first-order valence-corrected chi connectivity index (χ1v) is 4.10. The third-order valence-electron chi connectivity index (χ3n) is 1.85. The van der Waals surface area contributed by atoms with E-state index in [0.717, 1.165) is 19.6 Å². The van der Waals surface area contributed by atoms with Crippen molar-refractivity contribution in [1.29, 1.82) is 0 Å². The summed E-state index contributed by atoms with van der Waals surface area (Å²) in [4.78, 5) is 0. The SMILES string of the molecule is CC1(C)COCC(CCO)N1. The summed E-state index contributed by atoms with van der Waals surface area (Å²) in [6, 6.07) is 0.323. The number of aliphatic hydroxyl groups excluding tert-OH is 1. The second-order valence-corrected chi connectivity index (χ2v) is 3.75. The molecule has 0 amide bonds. The molecular formula is C8H17NO2. The number of morpholine rings is 1. The van der Waals surface area contributed by atoms with Crippen LogP contribution in [0, 0.1) is 0 Å². The third kappa shape index (κ3) is 2.77. The Hall–Kier alpha value is -0.120. The van der Waals surface area contributed by atoms with Crippen molar-refractivity contribution in [1.82, 2.24) is 5.32 Å². The van der Waals surface area contributed by atoms with Crippen LogP contribution in [0.4, 0.5) is 0 Å². The van der Waals surface area contributed by atoms with Crippen LogP contribution in [0.5, 0.6) is 0 Å². The Labute approximate surface area is 67.7 Å². The summed E-state index contributed by atoms with van der Waals surface area (Å²) in [6.07, 6.45) is 0.781. The van der Waals surface area contributed by atoms with Gasteiger partial charge in [0.25, 0.3) is 0 Å². The first-order valence-electron chi connectivity index (χ1n) is 4.10. The quantitative estimate of drug-likeness (QED) is 0.602. The lowest BCUT2D eigenvalue weighted by Crippen LogP contribution is -2.55. The first kappa shape index (κ1) is 8.97. The molecule has 0 radical (unpaired) electrons. The molecule has 0 saturated carbocycles. The smallest absolute Gasteiger partial charge is 0.0643 e. The molecule has 3 heteroatoms. The van der Waals surface area contributed by atoms with Crippen LogP contribution in [0.15, 0.2) is 0 Å². The zero-order valence-corrected chi connectivity index (χ0v) is 7.26. The van der Waals surface area contributed by atoms with Crippen molar-refractivity contribution in [3.8, 4) is 0 Å². The third-order valence-corrected chi connectivity index (χ3v) is 1.85. The molecule has 0 bridgehead atoms. The highest BCUT2D eigenvalue weighted by molar-refractivity contribution is 4.85. The van der Waals surface area contributed by atoms with Crippen LogP contribution < -0.4 is 5.32 Å². The fourth-order valence-corrected chi connectivity index (χ4v) is 1.40. The summed E-state index contributed by atoms with van der Waals surface area (Å²) >= 11 is 0. The van der Waals surface area contributed by atoms with Crippen molar-refractivity contribution in [3.63, 3.8) is 0 Å². The predicted octanol–water partition coefficient (Wildman–Crippen LogP) is 0.136. The van der Waals surface area contributed by atoms with E-state index in [1.165, 1.54) is 0 Å². The molecule has 0 spiro atoms. The molecule has 1 aliphatic heterocycles. The molecule has 1 fully saturated rings. The molecule has 1 saturated heterocycles.